The molecule has 1 aliphatic heterocycles. The van der Waals surface area contributed by atoms with Crippen LogP contribution < -0.4 is 15.4 Å². The predicted molar refractivity (Wildman–Crippen MR) is 88.8 cm³/mol. The van der Waals surface area contributed by atoms with Gasteiger partial charge in [-0.05, 0) is 50.8 Å². The van der Waals surface area contributed by atoms with Crippen LogP contribution in [0, 0.1) is 11.8 Å². The number of carbonyl (C=O) groups is 1. The van der Waals surface area contributed by atoms with E-state index in [4.69, 9.17) is 4.74 Å². The molecule has 2 rings (SSSR count). The van der Waals surface area contributed by atoms with Gasteiger partial charge in [0.15, 0.2) is 0 Å². The Morgan fingerprint density at radius 3 is 2.82 bits per heavy atom. The summed E-state index contributed by atoms with van der Waals surface area (Å²) in [6, 6.07) is 7.88. The lowest BCUT2D eigenvalue weighted by molar-refractivity contribution is -0.122. The Hall–Kier alpha value is -1.55. The van der Waals surface area contributed by atoms with Gasteiger partial charge >= 0.3 is 0 Å². The van der Waals surface area contributed by atoms with Crippen molar-refractivity contribution in [2.45, 2.75) is 39.7 Å². The Bertz CT molecular complexity index is 470. The minimum Gasteiger partial charge on any atom is -0.494 e. The highest BCUT2D eigenvalue weighted by Crippen LogP contribution is 2.24. The van der Waals surface area contributed by atoms with Crippen LogP contribution in [0.3, 0.4) is 0 Å². The van der Waals surface area contributed by atoms with E-state index in [9.17, 15) is 4.79 Å². The van der Waals surface area contributed by atoms with E-state index in [0.717, 1.165) is 24.4 Å². The van der Waals surface area contributed by atoms with Crippen LogP contribution in [0.1, 0.15) is 38.7 Å². The van der Waals surface area contributed by atoms with Crippen molar-refractivity contribution in [3.63, 3.8) is 0 Å². The summed E-state index contributed by atoms with van der Waals surface area (Å²) in [5.74, 6) is 2.11. The number of carbonyl (C=O) groups excluding carboxylic acids is 1. The molecule has 2 N–H and O–H groups in total. The number of amides is 1. The zero-order chi connectivity index (χ0) is 15.8. The molecule has 0 spiro atoms. The minimum absolute atomic E-state index is 0.136. The van der Waals surface area contributed by atoms with Crippen LogP contribution in [0.25, 0.3) is 0 Å². The highest BCUT2D eigenvalue weighted by Gasteiger charge is 2.21. The summed E-state index contributed by atoms with van der Waals surface area (Å²) in [4.78, 5) is 12.2. The maximum absolute atomic E-state index is 12.2. The predicted octanol–water partition coefficient (Wildman–Crippen LogP) is 2.73. The fourth-order valence-corrected chi connectivity index (χ4v) is 3.08. The molecule has 1 aliphatic rings. The number of hydrogen-bond donors (Lipinski definition) is 2. The molecule has 1 saturated heterocycles. The average molecular weight is 304 g/mol. The second-order valence-corrected chi connectivity index (χ2v) is 6.09. The van der Waals surface area contributed by atoms with E-state index in [1.165, 1.54) is 12.8 Å². The van der Waals surface area contributed by atoms with Crippen molar-refractivity contribution in [2.75, 3.05) is 19.7 Å². The first-order valence-corrected chi connectivity index (χ1v) is 8.38. The third-order valence-electron chi connectivity index (χ3n) is 4.44. The van der Waals surface area contributed by atoms with E-state index in [2.05, 4.69) is 17.6 Å². The summed E-state index contributed by atoms with van der Waals surface area (Å²) in [6.45, 7) is 7.50. The van der Waals surface area contributed by atoms with E-state index in [0.29, 0.717) is 31.4 Å². The Morgan fingerprint density at radius 1 is 1.36 bits per heavy atom. The number of ether oxygens (including phenoxy) is 1. The summed E-state index contributed by atoms with van der Waals surface area (Å²) in [6.07, 6.45) is 2.98. The van der Waals surface area contributed by atoms with E-state index < -0.39 is 0 Å². The molecule has 1 aromatic rings. The van der Waals surface area contributed by atoms with Crippen molar-refractivity contribution < 1.29 is 9.53 Å². The monoisotopic (exact) mass is 304 g/mol. The Kier molecular flexibility index (Phi) is 6.72. The lowest BCUT2D eigenvalue weighted by atomic mass is 9.84. The van der Waals surface area contributed by atoms with Crippen molar-refractivity contribution >= 4 is 5.91 Å². The van der Waals surface area contributed by atoms with Crippen molar-refractivity contribution in [3.05, 3.63) is 29.8 Å². The van der Waals surface area contributed by atoms with Gasteiger partial charge in [-0.1, -0.05) is 25.1 Å². The smallest absolute Gasteiger partial charge is 0.220 e. The number of para-hydroxylation sites is 1. The van der Waals surface area contributed by atoms with Crippen LogP contribution in [-0.2, 0) is 11.3 Å². The van der Waals surface area contributed by atoms with E-state index in [1.807, 2.05) is 31.2 Å². The van der Waals surface area contributed by atoms with Crippen molar-refractivity contribution in [1.29, 1.82) is 0 Å². The third-order valence-corrected chi connectivity index (χ3v) is 4.44. The minimum atomic E-state index is 0.136. The normalized spacial score (nSPS) is 17.0. The molecule has 0 aromatic heterocycles. The Morgan fingerprint density at radius 2 is 2.09 bits per heavy atom. The molecular formula is C18H28N2O2. The zero-order valence-electron chi connectivity index (χ0n) is 13.7. The van der Waals surface area contributed by atoms with E-state index in [1.54, 1.807) is 0 Å². The van der Waals surface area contributed by atoms with Gasteiger partial charge in [0.25, 0.3) is 0 Å². The highest BCUT2D eigenvalue weighted by molar-refractivity contribution is 5.76. The quantitative estimate of drug-likeness (QED) is 0.814. The van der Waals surface area contributed by atoms with Crippen LogP contribution in [0.5, 0.6) is 5.75 Å². The number of piperidine rings is 1. The lowest BCUT2D eigenvalue weighted by Gasteiger charge is -2.27. The molecule has 0 saturated carbocycles. The fraction of sp³-hybridized carbons (Fsp3) is 0.611. The fourth-order valence-electron chi connectivity index (χ4n) is 3.08. The molecule has 1 aromatic carbocycles. The molecule has 0 bridgehead atoms. The number of benzene rings is 1. The van der Waals surface area contributed by atoms with Crippen molar-refractivity contribution in [3.8, 4) is 5.75 Å². The maximum Gasteiger partial charge on any atom is 0.220 e. The molecule has 1 amide bonds. The lowest BCUT2D eigenvalue weighted by Crippen LogP contribution is -2.33. The molecule has 122 valence electrons. The first-order valence-electron chi connectivity index (χ1n) is 8.38. The SMILES string of the molecule is CCOc1ccccc1CNC(=O)CC(C)C1CCNCC1. The number of hydrogen-bond acceptors (Lipinski definition) is 3. The van der Waals surface area contributed by atoms with Gasteiger partial charge in [0.1, 0.15) is 5.75 Å². The summed E-state index contributed by atoms with van der Waals surface area (Å²) in [5, 5.41) is 6.41. The van der Waals surface area contributed by atoms with Gasteiger partial charge in [-0.3, -0.25) is 4.79 Å². The third kappa shape index (κ3) is 5.02. The molecule has 1 fully saturated rings. The summed E-state index contributed by atoms with van der Waals surface area (Å²) < 4.78 is 5.59. The summed E-state index contributed by atoms with van der Waals surface area (Å²) in [5.41, 5.74) is 1.03. The molecule has 4 nitrogen and oxygen atoms in total. The van der Waals surface area contributed by atoms with Crippen LogP contribution >= 0.6 is 0 Å². The summed E-state index contributed by atoms with van der Waals surface area (Å²) in [7, 11) is 0. The highest BCUT2D eigenvalue weighted by atomic mass is 16.5. The molecule has 1 atom stereocenters. The topological polar surface area (TPSA) is 50.4 Å². The van der Waals surface area contributed by atoms with Gasteiger partial charge in [0, 0.05) is 18.5 Å². The Labute approximate surface area is 133 Å². The Balaban J connectivity index is 1.80. The second-order valence-electron chi connectivity index (χ2n) is 6.09. The van der Waals surface area contributed by atoms with Gasteiger partial charge in [-0.2, -0.15) is 0 Å². The van der Waals surface area contributed by atoms with Crippen LogP contribution in [0.15, 0.2) is 24.3 Å². The standard InChI is InChI=1S/C18H28N2O2/c1-3-22-17-7-5-4-6-16(17)13-20-18(21)12-14(2)15-8-10-19-11-9-15/h4-7,14-15,19H,3,8-13H2,1-2H3,(H,20,21). The molecule has 4 heteroatoms. The zero-order valence-corrected chi connectivity index (χ0v) is 13.7. The van der Waals surface area contributed by atoms with Crippen LogP contribution in [0.2, 0.25) is 0 Å². The molecule has 0 radical (unpaired) electrons. The summed E-state index contributed by atoms with van der Waals surface area (Å²) >= 11 is 0. The van der Waals surface area contributed by atoms with Crippen LogP contribution in [0.4, 0.5) is 0 Å². The van der Waals surface area contributed by atoms with Gasteiger partial charge in [-0.15, -0.1) is 0 Å². The second kappa shape index (κ2) is 8.79. The first-order chi connectivity index (χ1) is 10.7. The average Bonchev–Trinajstić information content (AvgIpc) is 2.55. The first kappa shape index (κ1) is 16.8. The molecule has 1 heterocycles. The van der Waals surface area contributed by atoms with Crippen LogP contribution in [-0.4, -0.2) is 25.6 Å². The van der Waals surface area contributed by atoms with E-state index in [-0.39, 0.29) is 5.91 Å². The van der Waals surface area contributed by atoms with E-state index >= 15 is 0 Å². The molecular weight excluding hydrogens is 276 g/mol. The van der Waals surface area contributed by atoms with Gasteiger partial charge in [0.2, 0.25) is 5.91 Å². The maximum atomic E-state index is 12.2. The molecule has 22 heavy (non-hydrogen) atoms. The number of nitrogens with one attached hydrogen (secondary N) is 2. The molecule has 0 aliphatic carbocycles. The van der Waals surface area contributed by atoms with Gasteiger partial charge < -0.3 is 15.4 Å². The van der Waals surface area contributed by atoms with Gasteiger partial charge in [-0.25, -0.2) is 0 Å². The van der Waals surface area contributed by atoms with Crippen molar-refractivity contribution in [1.82, 2.24) is 10.6 Å². The molecule has 1 unspecified atom stereocenters. The van der Waals surface area contributed by atoms with Gasteiger partial charge in [0.05, 0.1) is 6.61 Å². The largest absolute Gasteiger partial charge is 0.494 e. The van der Waals surface area contributed by atoms with Crippen molar-refractivity contribution in [2.24, 2.45) is 11.8 Å². The number of rotatable bonds is 7.